The van der Waals surface area contributed by atoms with Crippen LogP contribution in [0.15, 0.2) is 66.7 Å². The fraction of sp³-hybridized carbons (Fsp3) is 0.0455. The molecule has 1 heterocycles. The summed E-state index contributed by atoms with van der Waals surface area (Å²) in [5.41, 5.74) is 3.94. The minimum Gasteiger partial charge on any atom is -0.320 e. The summed E-state index contributed by atoms with van der Waals surface area (Å²) in [6.45, 7) is 0.688. The van der Waals surface area contributed by atoms with Gasteiger partial charge in [-0.15, -0.1) is 0 Å². The molecule has 3 aromatic carbocycles. The maximum absolute atomic E-state index is 6.28. The van der Waals surface area contributed by atoms with Crippen LogP contribution in [0.3, 0.4) is 0 Å². The minimum absolute atomic E-state index is 0.610. The van der Waals surface area contributed by atoms with Crippen LogP contribution in [-0.4, -0.2) is 9.55 Å². The van der Waals surface area contributed by atoms with E-state index in [9.17, 15) is 0 Å². The van der Waals surface area contributed by atoms with Crippen LogP contribution >= 0.6 is 34.8 Å². The lowest BCUT2D eigenvalue weighted by Gasteiger charge is -2.08. The van der Waals surface area contributed by atoms with Gasteiger partial charge < -0.3 is 4.57 Å². The largest absolute Gasteiger partial charge is 0.320 e. The number of halogens is 3. The van der Waals surface area contributed by atoms with Crippen molar-refractivity contribution in [2.24, 2.45) is 0 Å². The van der Waals surface area contributed by atoms with E-state index in [0.717, 1.165) is 33.0 Å². The number of imidazole rings is 1. The molecule has 0 N–H and O–H groups in total. The number of fused-ring (bicyclic) bond motifs is 1. The van der Waals surface area contributed by atoms with Crippen molar-refractivity contribution in [3.8, 4) is 0 Å². The Morgan fingerprint density at radius 3 is 2.22 bits per heavy atom. The summed E-state index contributed by atoms with van der Waals surface area (Å²) in [6, 6.07) is 21.4. The van der Waals surface area contributed by atoms with E-state index in [-0.39, 0.29) is 0 Å². The Balaban J connectivity index is 1.78. The zero-order valence-electron chi connectivity index (χ0n) is 14.2. The lowest BCUT2D eigenvalue weighted by Crippen LogP contribution is -2.02. The van der Waals surface area contributed by atoms with Gasteiger partial charge in [0.2, 0.25) is 0 Å². The Hall–Kier alpha value is -2.26. The monoisotopic (exact) mass is 412 g/mol. The SMILES string of the molecule is Clc1ccc(Cn2c(/C=C/c3c(Cl)cccc3Cl)nc3ccccc32)cc1. The molecule has 0 fully saturated rings. The number of hydrogen-bond acceptors (Lipinski definition) is 1. The first-order chi connectivity index (χ1) is 13.1. The normalized spacial score (nSPS) is 11.5. The summed E-state index contributed by atoms with van der Waals surface area (Å²) in [6.07, 6.45) is 3.85. The van der Waals surface area contributed by atoms with Gasteiger partial charge in [0.1, 0.15) is 5.82 Å². The van der Waals surface area contributed by atoms with Crippen molar-refractivity contribution in [2.45, 2.75) is 6.54 Å². The molecule has 0 saturated carbocycles. The van der Waals surface area contributed by atoms with Gasteiger partial charge in [-0.05, 0) is 54.1 Å². The summed E-state index contributed by atoms with van der Waals surface area (Å²) >= 11 is 18.6. The van der Waals surface area contributed by atoms with Crippen molar-refractivity contribution >= 4 is 58.0 Å². The third-order valence-corrected chi connectivity index (χ3v) is 5.25. The van der Waals surface area contributed by atoms with E-state index in [0.29, 0.717) is 16.6 Å². The predicted octanol–water partition coefficient (Wildman–Crippen LogP) is 7.22. The summed E-state index contributed by atoms with van der Waals surface area (Å²) < 4.78 is 2.17. The fourth-order valence-corrected chi connectivity index (χ4v) is 3.64. The number of benzene rings is 3. The lowest BCUT2D eigenvalue weighted by molar-refractivity contribution is 0.814. The second-order valence-corrected chi connectivity index (χ2v) is 7.39. The first-order valence-corrected chi connectivity index (χ1v) is 9.57. The molecular weight excluding hydrogens is 399 g/mol. The molecule has 4 rings (SSSR count). The smallest absolute Gasteiger partial charge is 0.134 e. The van der Waals surface area contributed by atoms with E-state index in [1.165, 1.54) is 0 Å². The second kappa shape index (κ2) is 7.77. The fourth-order valence-electron chi connectivity index (χ4n) is 2.99. The molecule has 0 atom stereocenters. The van der Waals surface area contributed by atoms with Gasteiger partial charge in [-0.2, -0.15) is 0 Å². The highest BCUT2D eigenvalue weighted by Gasteiger charge is 2.10. The molecule has 5 heteroatoms. The topological polar surface area (TPSA) is 17.8 Å². The average Bonchev–Trinajstić information content (AvgIpc) is 3.01. The first-order valence-electron chi connectivity index (χ1n) is 8.43. The van der Waals surface area contributed by atoms with Gasteiger partial charge in [-0.25, -0.2) is 4.98 Å². The summed E-state index contributed by atoms with van der Waals surface area (Å²) in [5, 5.41) is 1.95. The van der Waals surface area contributed by atoms with Gasteiger partial charge in [0.15, 0.2) is 0 Å². The molecule has 0 aliphatic heterocycles. The van der Waals surface area contributed by atoms with Gasteiger partial charge in [0.25, 0.3) is 0 Å². The van der Waals surface area contributed by atoms with Crippen LogP contribution in [0, 0.1) is 0 Å². The van der Waals surface area contributed by atoms with E-state index < -0.39 is 0 Å². The lowest BCUT2D eigenvalue weighted by atomic mass is 10.2. The molecule has 0 bridgehead atoms. The zero-order valence-corrected chi connectivity index (χ0v) is 16.5. The highest BCUT2D eigenvalue weighted by atomic mass is 35.5. The number of aromatic nitrogens is 2. The Labute approximate surface area is 172 Å². The summed E-state index contributed by atoms with van der Waals surface area (Å²) in [7, 11) is 0. The summed E-state index contributed by atoms with van der Waals surface area (Å²) in [4.78, 5) is 4.76. The molecule has 0 unspecified atom stereocenters. The molecule has 2 nitrogen and oxygen atoms in total. The average molecular weight is 414 g/mol. The molecule has 0 aliphatic rings. The van der Waals surface area contributed by atoms with Crippen LogP contribution in [0.2, 0.25) is 15.1 Å². The van der Waals surface area contributed by atoms with Crippen LogP contribution in [0.1, 0.15) is 17.0 Å². The Bertz CT molecular complexity index is 1110. The Kier molecular flexibility index (Phi) is 5.22. The van der Waals surface area contributed by atoms with Gasteiger partial charge in [-0.1, -0.05) is 65.1 Å². The van der Waals surface area contributed by atoms with Crippen LogP contribution in [0.25, 0.3) is 23.2 Å². The van der Waals surface area contributed by atoms with Gasteiger partial charge >= 0.3 is 0 Å². The highest BCUT2D eigenvalue weighted by Crippen LogP contribution is 2.27. The Morgan fingerprint density at radius 1 is 0.778 bits per heavy atom. The van der Waals surface area contributed by atoms with Crippen LogP contribution < -0.4 is 0 Å². The molecule has 0 spiro atoms. The first kappa shape index (κ1) is 18.1. The summed E-state index contributed by atoms with van der Waals surface area (Å²) in [5.74, 6) is 0.835. The predicted molar refractivity (Wildman–Crippen MR) is 116 cm³/mol. The van der Waals surface area contributed by atoms with Crippen molar-refractivity contribution in [1.82, 2.24) is 9.55 Å². The minimum atomic E-state index is 0.610. The molecule has 0 saturated heterocycles. The molecule has 1 aromatic heterocycles. The molecule has 0 aliphatic carbocycles. The maximum atomic E-state index is 6.28. The molecule has 0 amide bonds. The van der Waals surface area contributed by atoms with E-state index >= 15 is 0 Å². The second-order valence-electron chi connectivity index (χ2n) is 6.14. The number of para-hydroxylation sites is 2. The molecule has 0 radical (unpaired) electrons. The van der Waals surface area contributed by atoms with Gasteiger partial charge in [-0.3, -0.25) is 0 Å². The third-order valence-electron chi connectivity index (χ3n) is 4.34. The van der Waals surface area contributed by atoms with Gasteiger partial charge in [0.05, 0.1) is 11.0 Å². The number of rotatable bonds is 4. The van der Waals surface area contributed by atoms with E-state index in [1.54, 1.807) is 0 Å². The molecular formula is C22H15Cl3N2. The van der Waals surface area contributed by atoms with Crippen LogP contribution in [-0.2, 0) is 6.54 Å². The van der Waals surface area contributed by atoms with Crippen molar-refractivity contribution in [3.63, 3.8) is 0 Å². The van der Waals surface area contributed by atoms with Crippen molar-refractivity contribution in [1.29, 1.82) is 0 Å². The standard InChI is InChI=1S/C22H15Cl3N2/c23-16-10-8-15(9-11-16)14-27-21-7-2-1-6-20(21)26-22(27)13-12-17-18(24)4-3-5-19(17)25/h1-13H,14H2/b13-12+. The highest BCUT2D eigenvalue weighted by molar-refractivity contribution is 6.37. The quantitative estimate of drug-likeness (QED) is 0.345. The van der Waals surface area contributed by atoms with E-state index in [1.807, 2.05) is 72.8 Å². The van der Waals surface area contributed by atoms with E-state index in [4.69, 9.17) is 39.8 Å². The zero-order chi connectivity index (χ0) is 18.8. The molecule has 4 aromatic rings. The van der Waals surface area contributed by atoms with Crippen molar-refractivity contribution < 1.29 is 0 Å². The van der Waals surface area contributed by atoms with Crippen molar-refractivity contribution in [2.75, 3.05) is 0 Å². The Morgan fingerprint density at radius 2 is 1.48 bits per heavy atom. The van der Waals surface area contributed by atoms with E-state index in [2.05, 4.69) is 10.6 Å². The maximum Gasteiger partial charge on any atom is 0.134 e. The van der Waals surface area contributed by atoms with Crippen LogP contribution in [0.4, 0.5) is 0 Å². The van der Waals surface area contributed by atoms with Crippen molar-refractivity contribution in [3.05, 3.63) is 98.7 Å². The molecule has 134 valence electrons. The van der Waals surface area contributed by atoms with Crippen LogP contribution in [0.5, 0.6) is 0 Å². The number of hydrogen-bond donors (Lipinski definition) is 0. The number of nitrogens with zero attached hydrogens (tertiary/aromatic N) is 2. The third kappa shape index (κ3) is 3.89. The molecule has 27 heavy (non-hydrogen) atoms. The van der Waals surface area contributed by atoms with Gasteiger partial charge in [0, 0.05) is 27.2 Å².